The third kappa shape index (κ3) is 5.83. The zero-order valence-corrected chi connectivity index (χ0v) is 20.6. The van der Waals surface area contributed by atoms with E-state index in [0.29, 0.717) is 35.4 Å². The lowest BCUT2D eigenvalue weighted by Gasteiger charge is -2.29. The van der Waals surface area contributed by atoms with Crippen molar-refractivity contribution in [1.29, 1.82) is 0 Å². The Morgan fingerprint density at radius 1 is 0.833 bits per heavy atom. The molecule has 5 heteroatoms. The second-order valence-electron chi connectivity index (χ2n) is 9.73. The molecule has 1 saturated carbocycles. The van der Waals surface area contributed by atoms with Crippen LogP contribution in [0, 0.1) is 36.1 Å². The molecular formula is C31H32F4O. The van der Waals surface area contributed by atoms with E-state index >= 15 is 4.39 Å². The SMILES string of the molecule is C=CCCOc1ccc(CCC2CCC(c3ccc(-c4ccc(C)cc4)c(F)c3F)CC2)c(F)c1F. The first-order valence-corrected chi connectivity index (χ1v) is 12.6. The second-order valence-corrected chi connectivity index (χ2v) is 9.73. The van der Waals surface area contributed by atoms with Crippen molar-refractivity contribution in [2.45, 2.75) is 57.8 Å². The van der Waals surface area contributed by atoms with Gasteiger partial charge in [-0.05, 0) is 86.5 Å². The lowest BCUT2D eigenvalue weighted by atomic mass is 9.76. The van der Waals surface area contributed by atoms with Crippen LogP contribution in [0.2, 0.25) is 0 Å². The van der Waals surface area contributed by atoms with E-state index in [0.717, 1.165) is 37.7 Å². The van der Waals surface area contributed by atoms with Gasteiger partial charge in [-0.3, -0.25) is 0 Å². The fraction of sp³-hybridized carbons (Fsp3) is 0.355. The van der Waals surface area contributed by atoms with E-state index in [1.165, 1.54) is 6.07 Å². The van der Waals surface area contributed by atoms with Gasteiger partial charge in [-0.25, -0.2) is 13.2 Å². The Morgan fingerprint density at radius 2 is 1.56 bits per heavy atom. The number of halogens is 4. The molecule has 0 N–H and O–H groups in total. The van der Waals surface area contributed by atoms with Crippen LogP contribution in [-0.4, -0.2) is 6.61 Å². The lowest BCUT2D eigenvalue weighted by molar-refractivity contribution is 0.297. The molecule has 0 amide bonds. The molecule has 0 spiro atoms. The molecule has 3 aromatic carbocycles. The summed E-state index contributed by atoms with van der Waals surface area (Å²) >= 11 is 0. The molecule has 0 aromatic heterocycles. The van der Waals surface area contributed by atoms with Crippen LogP contribution in [0.1, 0.15) is 61.1 Å². The van der Waals surface area contributed by atoms with E-state index < -0.39 is 23.3 Å². The lowest BCUT2D eigenvalue weighted by Crippen LogP contribution is -2.16. The van der Waals surface area contributed by atoms with Gasteiger partial charge in [0.1, 0.15) is 0 Å². The summed E-state index contributed by atoms with van der Waals surface area (Å²) in [6.07, 6.45) is 6.55. The molecule has 1 nitrogen and oxygen atoms in total. The first-order chi connectivity index (χ1) is 17.4. The minimum atomic E-state index is -0.952. The Kier molecular flexibility index (Phi) is 8.50. The number of hydrogen-bond donors (Lipinski definition) is 0. The molecule has 0 atom stereocenters. The summed E-state index contributed by atoms with van der Waals surface area (Å²) < 4.78 is 64.1. The van der Waals surface area contributed by atoms with Gasteiger partial charge in [0.15, 0.2) is 23.2 Å². The Morgan fingerprint density at radius 3 is 2.25 bits per heavy atom. The van der Waals surface area contributed by atoms with Gasteiger partial charge in [-0.15, -0.1) is 6.58 Å². The van der Waals surface area contributed by atoms with Crippen LogP contribution in [0.15, 0.2) is 61.2 Å². The van der Waals surface area contributed by atoms with Gasteiger partial charge in [-0.1, -0.05) is 54.1 Å². The summed E-state index contributed by atoms with van der Waals surface area (Å²) in [6.45, 7) is 5.78. The summed E-state index contributed by atoms with van der Waals surface area (Å²) in [4.78, 5) is 0. The first-order valence-electron chi connectivity index (χ1n) is 12.6. The van der Waals surface area contributed by atoms with Crippen LogP contribution in [-0.2, 0) is 6.42 Å². The maximum Gasteiger partial charge on any atom is 0.200 e. The number of aryl methyl sites for hydroxylation is 2. The molecule has 0 radical (unpaired) electrons. The highest BCUT2D eigenvalue weighted by Gasteiger charge is 2.27. The predicted octanol–water partition coefficient (Wildman–Crippen LogP) is 9.08. The average Bonchev–Trinajstić information content (AvgIpc) is 2.89. The predicted molar refractivity (Wildman–Crippen MR) is 136 cm³/mol. The highest BCUT2D eigenvalue weighted by molar-refractivity contribution is 5.65. The minimum absolute atomic E-state index is 0.0380. The minimum Gasteiger partial charge on any atom is -0.490 e. The summed E-state index contributed by atoms with van der Waals surface area (Å²) in [6, 6.07) is 13.8. The Balaban J connectivity index is 1.34. The molecule has 3 aromatic rings. The van der Waals surface area contributed by atoms with Gasteiger partial charge in [0.2, 0.25) is 5.82 Å². The van der Waals surface area contributed by atoms with Gasteiger partial charge in [0, 0.05) is 5.56 Å². The van der Waals surface area contributed by atoms with Crippen LogP contribution < -0.4 is 4.74 Å². The van der Waals surface area contributed by atoms with Crippen LogP contribution in [0.4, 0.5) is 17.6 Å². The Bertz CT molecular complexity index is 1190. The average molecular weight is 497 g/mol. The Hall–Kier alpha value is -3.08. The monoisotopic (exact) mass is 496 g/mol. The molecule has 1 aliphatic rings. The van der Waals surface area contributed by atoms with Crippen LogP contribution in [0.25, 0.3) is 11.1 Å². The Labute approximate surface area is 210 Å². The third-order valence-electron chi connectivity index (χ3n) is 7.29. The summed E-state index contributed by atoms with van der Waals surface area (Å²) in [5.41, 5.74) is 2.77. The van der Waals surface area contributed by atoms with Crippen molar-refractivity contribution < 1.29 is 22.3 Å². The highest BCUT2D eigenvalue weighted by Crippen LogP contribution is 2.40. The molecule has 4 rings (SSSR count). The third-order valence-corrected chi connectivity index (χ3v) is 7.29. The molecule has 0 saturated heterocycles. The molecule has 36 heavy (non-hydrogen) atoms. The normalized spacial score (nSPS) is 17.7. The zero-order chi connectivity index (χ0) is 25.7. The topological polar surface area (TPSA) is 9.23 Å². The number of ether oxygens (including phenoxy) is 1. The quantitative estimate of drug-likeness (QED) is 0.163. The van der Waals surface area contributed by atoms with Gasteiger partial charge < -0.3 is 4.74 Å². The van der Waals surface area contributed by atoms with E-state index in [-0.39, 0.29) is 23.8 Å². The first kappa shape index (κ1) is 26.0. The van der Waals surface area contributed by atoms with E-state index in [1.54, 1.807) is 36.4 Å². The van der Waals surface area contributed by atoms with E-state index in [9.17, 15) is 13.2 Å². The standard InChI is InChI=1S/C31H32F4O/c1-3-4-19-36-27-18-15-24(28(32)31(27)35)14-9-21-7-12-23(13-8-21)26-17-16-25(29(33)30(26)34)22-10-5-20(2)6-11-22/h3,5-6,10-11,15-18,21,23H,1,4,7-9,12-14,19H2,2H3. The summed E-state index contributed by atoms with van der Waals surface area (Å²) in [7, 11) is 0. The summed E-state index contributed by atoms with van der Waals surface area (Å²) in [5, 5.41) is 0. The van der Waals surface area contributed by atoms with Crippen LogP contribution in [0.3, 0.4) is 0 Å². The van der Waals surface area contributed by atoms with Crippen molar-refractivity contribution in [3.63, 3.8) is 0 Å². The number of benzene rings is 3. The highest BCUT2D eigenvalue weighted by atomic mass is 19.2. The summed E-state index contributed by atoms with van der Waals surface area (Å²) in [5.74, 6) is -3.15. The molecular weight excluding hydrogens is 464 g/mol. The van der Waals surface area contributed by atoms with E-state index in [2.05, 4.69) is 6.58 Å². The maximum absolute atomic E-state index is 15.0. The van der Waals surface area contributed by atoms with Crippen molar-refractivity contribution in [2.75, 3.05) is 6.61 Å². The van der Waals surface area contributed by atoms with Gasteiger partial charge in [0.25, 0.3) is 0 Å². The molecule has 0 heterocycles. The number of rotatable bonds is 9. The molecule has 0 aliphatic heterocycles. The van der Waals surface area contributed by atoms with Crippen molar-refractivity contribution >= 4 is 0 Å². The second kappa shape index (κ2) is 11.8. The maximum atomic E-state index is 15.0. The van der Waals surface area contributed by atoms with Crippen molar-refractivity contribution in [2.24, 2.45) is 5.92 Å². The molecule has 1 fully saturated rings. The van der Waals surface area contributed by atoms with E-state index in [1.807, 2.05) is 19.1 Å². The van der Waals surface area contributed by atoms with Crippen LogP contribution >= 0.6 is 0 Å². The molecule has 0 bridgehead atoms. The van der Waals surface area contributed by atoms with Gasteiger partial charge >= 0.3 is 0 Å². The molecule has 190 valence electrons. The zero-order valence-electron chi connectivity index (χ0n) is 20.6. The van der Waals surface area contributed by atoms with Gasteiger partial charge in [-0.2, -0.15) is 4.39 Å². The van der Waals surface area contributed by atoms with Crippen LogP contribution in [0.5, 0.6) is 5.75 Å². The number of hydrogen-bond acceptors (Lipinski definition) is 1. The van der Waals surface area contributed by atoms with Crippen molar-refractivity contribution in [1.82, 2.24) is 0 Å². The van der Waals surface area contributed by atoms with E-state index in [4.69, 9.17) is 4.74 Å². The van der Waals surface area contributed by atoms with Gasteiger partial charge in [0.05, 0.1) is 6.61 Å². The fourth-order valence-electron chi connectivity index (χ4n) is 5.09. The fourth-order valence-corrected chi connectivity index (χ4v) is 5.09. The largest absolute Gasteiger partial charge is 0.490 e. The van der Waals surface area contributed by atoms with Crippen molar-refractivity contribution in [3.8, 4) is 16.9 Å². The van der Waals surface area contributed by atoms with Crippen molar-refractivity contribution in [3.05, 3.63) is 101 Å². The molecule has 0 unspecified atom stereocenters. The molecule has 1 aliphatic carbocycles. The smallest absolute Gasteiger partial charge is 0.200 e.